The van der Waals surface area contributed by atoms with Gasteiger partial charge in [0.15, 0.2) is 6.10 Å². The molecule has 0 aliphatic carbocycles. The van der Waals surface area contributed by atoms with Gasteiger partial charge in [-0.1, -0.05) is 42.5 Å². The Kier molecular flexibility index (Phi) is 7.75. The minimum atomic E-state index is -4.74. The molecule has 1 saturated heterocycles. The summed E-state index contributed by atoms with van der Waals surface area (Å²) in [5.74, 6) is -1.36. The van der Waals surface area contributed by atoms with Gasteiger partial charge in [-0.3, -0.25) is 9.59 Å². The van der Waals surface area contributed by atoms with Crippen LogP contribution in [0.25, 0.3) is 11.3 Å². The van der Waals surface area contributed by atoms with E-state index in [0.717, 1.165) is 6.07 Å². The molecule has 212 valence electrons. The van der Waals surface area contributed by atoms with Crippen molar-refractivity contribution < 1.29 is 32.3 Å². The van der Waals surface area contributed by atoms with Crippen molar-refractivity contribution in [1.82, 2.24) is 14.9 Å². The van der Waals surface area contributed by atoms with Crippen molar-refractivity contribution in [2.45, 2.75) is 12.3 Å². The monoisotopic (exact) mass is 567 g/mol. The molecule has 4 aromatic rings. The van der Waals surface area contributed by atoms with Crippen LogP contribution in [0.15, 0.2) is 79.0 Å². The van der Waals surface area contributed by atoms with E-state index in [1.165, 1.54) is 41.4 Å². The van der Waals surface area contributed by atoms with E-state index in [1.807, 2.05) is 4.90 Å². The number of amides is 2. The predicted octanol–water partition coefficient (Wildman–Crippen LogP) is 4.87. The highest BCUT2D eigenvalue weighted by Gasteiger charge is 2.37. The topological polar surface area (TPSA) is 102 Å². The molecule has 1 aliphatic heterocycles. The first-order chi connectivity index (χ1) is 19.6. The number of anilines is 2. The van der Waals surface area contributed by atoms with Gasteiger partial charge in [-0.15, -0.1) is 0 Å². The maximum atomic E-state index is 13.7. The summed E-state index contributed by atoms with van der Waals surface area (Å²) in [5, 5.41) is 12.8. The van der Waals surface area contributed by atoms with Gasteiger partial charge in [0.1, 0.15) is 17.3 Å². The van der Waals surface area contributed by atoms with Crippen molar-refractivity contribution in [2.24, 2.45) is 0 Å². The highest BCUT2D eigenvalue weighted by molar-refractivity contribution is 6.04. The number of hydrogen-bond acceptors (Lipinski definition) is 5. The third kappa shape index (κ3) is 6.22. The lowest BCUT2D eigenvalue weighted by Gasteiger charge is -2.36. The number of H-pyrrole nitrogens is 1. The second-order valence-electron chi connectivity index (χ2n) is 9.46. The Morgan fingerprint density at radius 3 is 2.24 bits per heavy atom. The molecule has 1 fully saturated rings. The van der Waals surface area contributed by atoms with Gasteiger partial charge in [-0.25, -0.2) is 9.37 Å². The molecule has 0 spiro atoms. The van der Waals surface area contributed by atoms with Crippen LogP contribution in [0.2, 0.25) is 0 Å². The summed E-state index contributed by atoms with van der Waals surface area (Å²) in [6, 6.07) is 17.5. The molecule has 3 N–H and O–H groups in total. The number of aliphatic hydroxyl groups is 1. The number of halogens is 4. The van der Waals surface area contributed by atoms with Crippen LogP contribution in [0.4, 0.5) is 29.1 Å². The quantitative estimate of drug-likeness (QED) is 0.289. The first kappa shape index (κ1) is 27.8. The molecule has 41 heavy (non-hydrogen) atoms. The van der Waals surface area contributed by atoms with Gasteiger partial charge in [-0.2, -0.15) is 13.2 Å². The zero-order valence-electron chi connectivity index (χ0n) is 21.5. The van der Waals surface area contributed by atoms with Gasteiger partial charge in [0.05, 0.1) is 17.4 Å². The SMILES string of the molecule is O=C(Nc1ccc(N2CCN(C(=O)C(O)c3ccc(F)cc3)CC2)nc1)c1[nH]c(-c2ccccc2)cc1C(F)(F)F. The molecule has 0 saturated carbocycles. The fraction of sp³-hybridized carbons (Fsp3) is 0.207. The molecule has 1 aliphatic rings. The summed E-state index contributed by atoms with van der Waals surface area (Å²) in [7, 11) is 0. The number of pyridine rings is 1. The summed E-state index contributed by atoms with van der Waals surface area (Å²) < 4.78 is 54.2. The normalized spacial score (nSPS) is 14.6. The number of piperazine rings is 1. The lowest BCUT2D eigenvalue weighted by molar-refractivity contribution is -0.141. The van der Waals surface area contributed by atoms with E-state index in [-0.39, 0.29) is 11.4 Å². The Balaban J connectivity index is 1.21. The van der Waals surface area contributed by atoms with Crippen LogP contribution in [0.5, 0.6) is 0 Å². The number of aromatic nitrogens is 2. The van der Waals surface area contributed by atoms with Crippen LogP contribution >= 0.6 is 0 Å². The third-order valence-corrected chi connectivity index (χ3v) is 6.78. The third-order valence-electron chi connectivity index (χ3n) is 6.78. The van der Waals surface area contributed by atoms with Gasteiger partial charge in [0.25, 0.3) is 11.8 Å². The highest BCUT2D eigenvalue weighted by atomic mass is 19.4. The summed E-state index contributed by atoms with van der Waals surface area (Å²) in [4.78, 5) is 35.9. The number of hydrogen-bond donors (Lipinski definition) is 3. The molecule has 0 radical (unpaired) electrons. The van der Waals surface area contributed by atoms with E-state index in [4.69, 9.17) is 0 Å². The van der Waals surface area contributed by atoms with Gasteiger partial charge in [0, 0.05) is 31.9 Å². The van der Waals surface area contributed by atoms with E-state index in [9.17, 15) is 32.3 Å². The summed E-state index contributed by atoms with van der Waals surface area (Å²) >= 11 is 0. The Hall–Kier alpha value is -4.71. The van der Waals surface area contributed by atoms with Crippen LogP contribution in [0, 0.1) is 5.82 Å². The van der Waals surface area contributed by atoms with Crippen LogP contribution in [-0.4, -0.2) is 58.0 Å². The second-order valence-corrected chi connectivity index (χ2v) is 9.46. The molecule has 1 atom stereocenters. The van der Waals surface area contributed by atoms with Crippen LogP contribution in [0.1, 0.15) is 27.7 Å². The second kappa shape index (κ2) is 11.4. The number of aromatic amines is 1. The van der Waals surface area contributed by atoms with Gasteiger partial charge >= 0.3 is 6.18 Å². The number of carbonyl (C=O) groups excluding carboxylic acids is 2. The first-order valence-corrected chi connectivity index (χ1v) is 12.7. The fourth-order valence-corrected chi connectivity index (χ4v) is 4.59. The molecule has 8 nitrogen and oxygen atoms in total. The molecule has 12 heteroatoms. The Morgan fingerprint density at radius 2 is 1.63 bits per heavy atom. The Morgan fingerprint density at radius 1 is 0.951 bits per heavy atom. The average molecular weight is 568 g/mol. The average Bonchev–Trinajstić information content (AvgIpc) is 3.45. The van der Waals surface area contributed by atoms with Crippen molar-refractivity contribution in [1.29, 1.82) is 0 Å². The van der Waals surface area contributed by atoms with Crippen LogP contribution < -0.4 is 10.2 Å². The van der Waals surface area contributed by atoms with Crippen molar-refractivity contribution in [3.8, 4) is 11.3 Å². The standard InChI is InChI=1S/C29H25F4N5O3/c30-20-8-6-19(7-9-20)26(39)28(41)38-14-12-37(13-15-38)24-11-10-21(17-34-24)35-27(40)25-22(29(31,32)33)16-23(36-25)18-4-2-1-3-5-18/h1-11,16-17,26,36,39H,12-15H2,(H,35,40). The fourth-order valence-electron chi connectivity index (χ4n) is 4.59. The number of benzene rings is 2. The van der Waals surface area contributed by atoms with Crippen molar-refractivity contribution >= 4 is 23.3 Å². The molecule has 2 aromatic heterocycles. The maximum Gasteiger partial charge on any atom is 0.418 e. The van der Waals surface area contributed by atoms with Crippen LogP contribution in [0.3, 0.4) is 0 Å². The number of nitrogens with one attached hydrogen (secondary N) is 2. The van der Waals surface area contributed by atoms with E-state index in [1.54, 1.807) is 36.4 Å². The molecule has 2 amide bonds. The minimum Gasteiger partial charge on any atom is -0.378 e. The Bertz CT molecular complexity index is 1520. The number of carbonyl (C=O) groups is 2. The predicted molar refractivity (Wildman–Crippen MR) is 144 cm³/mol. The van der Waals surface area contributed by atoms with Gasteiger partial charge in [0.2, 0.25) is 0 Å². The lowest BCUT2D eigenvalue weighted by atomic mass is 10.1. The number of rotatable bonds is 6. The maximum absolute atomic E-state index is 13.7. The first-order valence-electron chi connectivity index (χ1n) is 12.7. The number of alkyl halides is 3. The van der Waals surface area contributed by atoms with Crippen molar-refractivity contribution in [3.63, 3.8) is 0 Å². The Labute approximate surface area is 232 Å². The molecular weight excluding hydrogens is 542 g/mol. The molecule has 2 aromatic carbocycles. The lowest BCUT2D eigenvalue weighted by Crippen LogP contribution is -2.50. The summed E-state index contributed by atoms with van der Waals surface area (Å²) in [6.07, 6.45) is -4.79. The van der Waals surface area contributed by atoms with Gasteiger partial charge in [-0.05, 0) is 41.5 Å². The van der Waals surface area contributed by atoms with E-state index >= 15 is 0 Å². The highest BCUT2D eigenvalue weighted by Crippen LogP contribution is 2.35. The zero-order valence-corrected chi connectivity index (χ0v) is 21.5. The zero-order chi connectivity index (χ0) is 29.1. The van der Waals surface area contributed by atoms with Crippen LogP contribution in [-0.2, 0) is 11.0 Å². The molecule has 3 heterocycles. The van der Waals surface area contributed by atoms with Crippen molar-refractivity contribution in [2.75, 3.05) is 36.4 Å². The smallest absolute Gasteiger partial charge is 0.378 e. The number of aliphatic hydroxyl groups excluding tert-OH is 1. The largest absolute Gasteiger partial charge is 0.418 e. The summed E-state index contributed by atoms with van der Waals surface area (Å²) in [6.45, 7) is 1.46. The van der Waals surface area contributed by atoms with E-state index in [2.05, 4.69) is 15.3 Å². The van der Waals surface area contributed by atoms with E-state index < -0.39 is 41.2 Å². The molecule has 5 rings (SSSR count). The number of nitrogens with zero attached hydrogens (tertiary/aromatic N) is 3. The minimum absolute atomic E-state index is 0.166. The molecule has 1 unspecified atom stereocenters. The molecular formula is C29H25F4N5O3. The summed E-state index contributed by atoms with van der Waals surface area (Å²) in [5.41, 5.74) is -0.497. The van der Waals surface area contributed by atoms with Crippen molar-refractivity contribution in [3.05, 3.63) is 102 Å². The van der Waals surface area contributed by atoms with E-state index in [0.29, 0.717) is 43.1 Å². The molecule has 0 bridgehead atoms. The van der Waals surface area contributed by atoms with Gasteiger partial charge < -0.3 is 25.2 Å².